The van der Waals surface area contributed by atoms with E-state index >= 15 is 0 Å². The van der Waals surface area contributed by atoms with Gasteiger partial charge in [0, 0.05) is 16.8 Å². The van der Waals surface area contributed by atoms with E-state index in [1.807, 2.05) is 36.6 Å². The summed E-state index contributed by atoms with van der Waals surface area (Å²) in [7, 11) is 0. The number of amides is 2. The van der Waals surface area contributed by atoms with Gasteiger partial charge in [0.1, 0.15) is 11.6 Å². The minimum absolute atomic E-state index is 0.0132. The van der Waals surface area contributed by atoms with Crippen LogP contribution in [0.1, 0.15) is 36.3 Å². The van der Waals surface area contributed by atoms with E-state index in [0.717, 1.165) is 11.3 Å². The van der Waals surface area contributed by atoms with Gasteiger partial charge >= 0.3 is 5.97 Å². The zero-order chi connectivity index (χ0) is 23.9. The van der Waals surface area contributed by atoms with Crippen LogP contribution in [-0.4, -0.2) is 22.8 Å². The Kier molecular flexibility index (Phi) is 7.46. The zero-order valence-electron chi connectivity index (χ0n) is 18.2. The van der Waals surface area contributed by atoms with Gasteiger partial charge in [-0.1, -0.05) is 29.8 Å². The number of nitrogens with zero attached hydrogens (tertiary/aromatic N) is 1. The summed E-state index contributed by atoms with van der Waals surface area (Å²) < 4.78 is 5.37. The highest BCUT2D eigenvalue weighted by atomic mass is 32.1. The van der Waals surface area contributed by atoms with Crippen molar-refractivity contribution in [1.82, 2.24) is 4.98 Å². The fourth-order valence-electron chi connectivity index (χ4n) is 3.02. The third-order valence-electron chi connectivity index (χ3n) is 4.70. The summed E-state index contributed by atoms with van der Waals surface area (Å²) in [4.78, 5) is 41.9. The molecular weight excluding hydrogens is 470 g/mol. The molecule has 4 rings (SSSR count). The van der Waals surface area contributed by atoms with Gasteiger partial charge in [-0.05, 0) is 48.7 Å². The van der Waals surface area contributed by atoms with Gasteiger partial charge < -0.3 is 15.4 Å². The van der Waals surface area contributed by atoms with Crippen molar-refractivity contribution in [3.8, 4) is 0 Å². The molecule has 0 saturated heterocycles. The van der Waals surface area contributed by atoms with Crippen LogP contribution < -0.4 is 10.6 Å². The molecule has 4 aromatic rings. The van der Waals surface area contributed by atoms with Crippen LogP contribution in [0.3, 0.4) is 0 Å². The highest BCUT2D eigenvalue weighted by Crippen LogP contribution is 2.17. The van der Waals surface area contributed by atoms with Gasteiger partial charge in [-0.2, -0.15) is 0 Å². The Bertz CT molecular complexity index is 1300. The SMILES string of the molecule is Cc1ccc(NC(=O)Cc2nc(COC(=O)c3cccc(NC(=O)c4cccs4)c3)cs2)cc1. The fraction of sp³-hybridized carbons (Fsp3) is 0.120. The summed E-state index contributed by atoms with van der Waals surface area (Å²) in [5.74, 6) is -0.927. The van der Waals surface area contributed by atoms with Gasteiger partial charge in [0.15, 0.2) is 0 Å². The molecule has 2 amide bonds. The molecule has 7 nitrogen and oxygen atoms in total. The molecule has 2 aromatic carbocycles. The van der Waals surface area contributed by atoms with Crippen molar-refractivity contribution < 1.29 is 19.1 Å². The number of esters is 1. The number of thiophene rings is 1. The molecule has 0 aliphatic carbocycles. The predicted octanol–water partition coefficient (Wildman–Crippen LogP) is 5.30. The highest BCUT2D eigenvalue weighted by molar-refractivity contribution is 7.12. The van der Waals surface area contributed by atoms with Crippen LogP contribution >= 0.6 is 22.7 Å². The first-order valence-electron chi connectivity index (χ1n) is 10.4. The number of hydrogen-bond donors (Lipinski definition) is 2. The number of nitrogens with one attached hydrogen (secondary N) is 2. The number of carbonyl (C=O) groups is 3. The number of thiazole rings is 1. The number of anilines is 2. The van der Waals surface area contributed by atoms with Crippen LogP contribution in [0.15, 0.2) is 71.4 Å². The number of carbonyl (C=O) groups excluding carboxylic acids is 3. The summed E-state index contributed by atoms with van der Waals surface area (Å²) in [6, 6.07) is 17.6. The number of aromatic nitrogens is 1. The summed E-state index contributed by atoms with van der Waals surface area (Å²) >= 11 is 2.67. The van der Waals surface area contributed by atoms with E-state index in [-0.39, 0.29) is 24.8 Å². The van der Waals surface area contributed by atoms with Crippen LogP contribution in [0.25, 0.3) is 0 Å². The molecule has 0 aliphatic rings. The van der Waals surface area contributed by atoms with Crippen molar-refractivity contribution in [2.24, 2.45) is 0 Å². The lowest BCUT2D eigenvalue weighted by molar-refractivity contribution is -0.115. The predicted molar refractivity (Wildman–Crippen MR) is 133 cm³/mol. The fourth-order valence-corrected chi connectivity index (χ4v) is 4.42. The molecule has 2 aromatic heterocycles. The summed E-state index contributed by atoms with van der Waals surface area (Å²) in [6.45, 7) is 1.97. The topological polar surface area (TPSA) is 97.4 Å². The Labute approximate surface area is 204 Å². The van der Waals surface area contributed by atoms with Crippen LogP contribution in [0.4, 0.5) is 11.4 Å². The summed E-state index contributed by atoms with van der Waals surface area (Å²) in [5, 5.41) is 9.83. The Morgan fingerprint density at radius 3 is 2.53 bits per heavy atom. The first kappa shape index (κ1) is 23.3. The molecule has 0 fully saturated rings. The molecule has 2 N–H and O–H groups in total. The molecule has 34 heavy (non-hydrogen) atoms. The van der Waals surface area contributed by atoms with Crippen molar-refractivity contribution >= 4 is 51.8 Å². The summed E-state index contributed by atoms with van der Waals surface area (Å²) in [5.41, 5.74) is 3.24. The van der Waals surface area contributed by atoms with Crippen LogP contribution in [0.5, 0.6) is 0 Å². The maximum atomic E-state index is 12.5. The largest absolute Gasteiger partial charge is 0.456 e. The second-order valence-corrected chi connectivity index (χ2v) is 9.30. The van der Waals surface area contributed by atoms with Crippen LogP contribution in [0.2, 0.25) is 0 Å². The van der Waals surface area contributed by atoms with Gasteiger partial charge in [-0.25, -0.2) is 9.78 Å². The zero-order valence-corrected chi connectivity index (χ0v) is 19.9. The molecule has 0 unspecified atom stereocenters. The molecule has 0 spiro atoms. The van der Waals surface area contributed by atoms with Gasteiger partial charge in [-0.15, -0.1) is 22.7 Å². The average Bonchev–Trinajstić information content (AvgIpc) is 3.52. The molecule has 0 atom stereocenters. The van der Waals surface area contributed by atoms with Crippen LogP contribution in [0, 0.1) is 6.92 Å². The number of aryl methyl sites for hydroxylation is 1. The van der Waals surface area contributed by atoms with Gasteiger partial charge in [0.2, 0.25) is 5.91 Å². The normalized spacial score (nSPS) is 10.5. The third kappa shape index (κ3) is 6.37. The van der Waals surface area contributed by atoms with Gasteiger partial charge in [-0.3, -0.25) is 9.59 Å². The lowest BCUT2D eigenvalue weighted by atomic mass is 10.2. The molecule has 9 heteroatoms. The minimum atomic E-state index is -0.529. The van der Waals surface area contributed by atoms with Crippen molar-refractivity contribution in [1.29, 1.82) is 0 Å². The molecule has 0 radical (unpaired) electrons. The minimum Gasteiger partial charge on any atom is -0.456 e. The Morgan fingerprint density at radius 2 is 1.76 bits per heavy atom. The van der Waals surface area contributed by atoms with Crippen molar-refractivity contribution in [2.45, 2.75) is 20.0 Å². The van der Waals surface area contributed by atoms with E-state index in [2.05, 4.69) is 15.6 Å². The monoisotopic (exact) mass is 491 g/mol. The van der Waals surface area contributed by atoms with Gasteiger partial charge in [0.05, 0.1) is 22.6 Å². The van der Waals surface area contributed by atoms with E-state index in [1.165, 1.54) is 22.7 Å². The van der Waals surface area contributed by atoms with E-state index in [1.54, 1.807) is 41.8 Å². The lowest BCUT2D eigenvalue weighted by Crippen LogP contribution is -2.14. The van der Waals surface area contributed by atoms with Gasteiger partial charge in [0.25, 0.3) is 5.91 Å². The maximum absolute atomic E-state index is 12.5. The van der Waals surface area contributed by atoms with Crippen molar-refractivity contribution in [2.75, 3.05) is 10.6 Å². The second kappa shape index (κ2) is 10.9. The maximum Gasteiger partial charge on any atom is 0.338 e. The average molecular weight is 492 g/mol. The van der Waals surface area contributed by atoms with E-state index in [4.69, 9.17) is 4.74 Å². The van der Waals surface area contributed by atoms with E-state index in [0.29, 0.717) is 26.8 Å². The first-order valence-corrected chi connectivity index (χ1v) is 12.1. The number of hydrogen-bond acceptors (Lipinski definition) is 7. The van der Waals surface area contributed by atoms with Crippen molar-refractivity contribution in [3.05, 3.63) is 98.1 Å². The van der Waals surface area contributed by atoms with Crippen LogP contribution in [-0.2, 0) is 22.6 Å². The number of benzene rings is 2. The lowest BCUT2D eigenvalue weighted by Gasteiger charge is -2.07. The first-order chi connectivity index (χ1) is 16.5. The molecule has 2 heterocycles. The van der Waals surface area contributed by atoms with E-state index in [9.17, 15) is 14.4 Å². The quantitative estimate of drug-likeness (QED) is 0.326. The molecule has 0 aliphatic heterocycles. The molecule has 172 valence electrons. The highest BCUT2D eigenvalue weighted by Gasteiger charge is 2.13. The Hall–Kier alpha value is -3.82. The molecule has 0 bridgehead atoms. The smallest absolute Gasteiger partial charge is 0.338 e. The second-order valence-electron chi connectivity index (χ2n) is 7.41. The third-order valence-corrected chi connectivity index (χ3v) is 6.46. The Morgan fingerprint density at radius 1 is 0.941 bits per heavy atom. The number of rotatable bonds is 8. The Balaban J connectivity index is 1.28. The van der Waals surface area contributed by atoms with Crippen molar-refractivity contribution in [3.63, 3.8) is 0 Å². The molecule has 0 saturated carbocycles. The number of ether oxygens (including phenoxy) is 1. The standard InChI is InChI=1S/C25H21N3O4S2/c1-16-7-9-18(10-8-16)26-22(29)13-23-27-20(15-34-23)14-32-25(31)17-4-2-5-19(12-17)28-24(30)21-6-3-11-33-21/h2-12,15H,13-14H2,1H3,(H,26,29)(H,28,30). The van der Waals surface area contributed by atoms with E-state index < -0.39 is 5.97 Å². The molecular formula is C25H21N3O4S2. The summed E-state index contributed by atoms with van der Waals surface area (Å²) in [6.07, 6.45) is 0.137.